The Morgan fingerprint density at radius 3 is 2.84 bits per heavy atom. The number of esters is 1. The van der Waals surface area contributed by atoms with E-state index >= 15 is 0 Å². The first-order chi connectivity index (χ1) is 9.13. The first-order valence-electron chi connectivity index (χ1n) is 6.72. The van der Waals surface area contributed by atoms with Crippen LogP contribution in [0.15, 0.2) is 24.3 Å². The Kier molecular flexibility index (Phi) is 7.15. The van der Waals surface area contributed by atoms with Gasteiger partial charge in [0.25, 0.3) is 0 Å². The van der Waals surface area contributed by atoms with E-state index in [0.717, 1.165) is 13.0 Å². The zero-order chi connectivity index (χ0) is 14.1. The molecule has 0 saturated carbocycles. The van der Waals surface area contributed by atoms with E-state index in [2.05, 4.69) is 24.4 Å². The van der Waals surface area contributed by atoms with Gasteiger partial charge in [-0.15, -0.1) is 0 Å². The predicted molar refractivity (Wildman–Crippen MR) is 75.0 cm³/mol. The molecule has 0 bridgehead atoms. The molecule has 0 radical (unpaired) electrons. The Labute approximate surface area is 114 Å². The number of rotatable bonds is 8. The maximum Gasteiger partial charge on any atom is 0.308 e. The van der Waals surface area contributed by atoms with Crippen molar-refractivity contribution in [3.8, 4) is 0 Å². The van der Waals surface area contributed by atoms with Crippen molar-refractivity contribution in [1.82, 2.24) is 5.32 Å². The predicted octanol–water partition coefficient (Wildman–Crippen LogP) is 1.44. The monoisotopic (exact) mass is 265 g/mol. The van der Waals surface area contributed by atoms with Crippen LogP contribution < -0.4 is 5.32 Å². The molecule has 1 unspecified atom stereocenters. The molecule has 0 aliphatic rings. The molecule has 4 heteroatoms. The van der Waals surface area contributed by atoms with E-state index < -0.39 is 6.10 Å². The number of aryl methyl sites for hydroxylation is 1. The van der Waals surface area contributed by atoms with Crippen LogP contribution in [0, 0.1) is 6.92 Å². The topological polar surface area (TPSA) is 58.6 Å². The molecule has 0 fully saturated rings. The van der Waals surface area contributed by atoms with E-state index in [1.165, 1.54) is 11.1 Å². The summed E-state index contributed by atoms with van der Waals surface area (Å²) in [6.07, 6.45) is 0.278. The van der Waals surface area contributed by atoms with Gasteiger partial charge in [0, 0.05) is 6.54 Å². The molecule has 1 aromatic rings. The van der Waals surface area contributed by atoms with Gasteiger partial charge in [0.05, 0.1) is 19.1 Å². The minimum atomic E-state index is -0.684. The van der Waals surface area contributed by atoms with Crippen molar-refractivity contribution < 1.29 is 14.6 Å². The molecule has 0 aromatic heterocycles. The van der Waals surface area contributed by atoms with Crippen LogP contribution in [0.5, 0.6) is 0 Å². The summed E-state index contributed by atoms with van der Waals surface area (Å²) in [6.45, 7) is 5.39. The third kappa shape index (κ3) is 6.36. The third-order valence-corrected chi connectivity index (χ3v) is 2.92. The van der Waals surface area contributed by atoms with Gasteiger partial charge in [0.15, 0.2) is 0 Å². The van der Waals surface area contributed by atoms with Crippen molar-refractivity contribution in [1.29, 1.82) is 0 Å². The number of ether oxygens (including phenoxy) is 1. The normalized spacial score (nSPS) is 12.2. The second-order valence-corrected chi connectivity index (χ2v) is 4.54. The van der Waals surface area contributed by atoms with Crippen molar-refractivity contribution in [2.24, 2.45) is 0 Å². The van der Waals surface area contributed by atoms with Crippen LogP contribution in [0.3, 0.4) is 0 Å². The van der Waals surface area contributed by atoms with Crippen LogP contribution >= 0.6 is 0 Å². The summed E-state index contributed by atoms with van der Waals surface area (Å²) in [4.78, 5) is 11.1. The molecule has 1 atom stereocenters. The van der Waals surface area contributed by atoms with Gasteiger partial charge < -0.3 is 15.2 Å². The van der Waals surface area contributed by atoms with Crippen molar-refractivity contribution in [2.75, 3.05) is 19.7 Å². The summed E-state index contributed by atoms with van der Waals surface area (Å²) in [5, 5.41) is 12.8. The summed E-state index contributed by atoms with van der Waals surface area (Å²) in [5.74, 6) is -0.351. The quantitative estimate of drug-likeness (QED) is 0.551. The van der Waals surface area contributed by atoms with E-state index in [1.807, 2.05) is 12.1 Å². The lowest BCUT2D eigenvalue weighted by atomic mass is 10.1. The minimum Gasteiger partial charge on any atom is -0.466 e. The third-order valence-electron chi connectivity index (χ3n) is 2.92. The molecule has 0 aliphatic carbocycles. The van der Waals surface area contributed by atoms with E-state index in [0.29, 0.717) is 13.2 Å². The van der Waals surface area contributed by atoms with Crippen molar-refractivity contribution >= 4 is 5.97 Å². The van der Waals surface area contributed by atoms with Crippen LogP contribution in [0.25, 0.3) is 0 Å². The molecule has 1 rings (SSSR count). The van der Waals surface area contributed by atoms with Gasteiger partial charge in [-0.3, -0.25) is 4.79 Å². The van der Waals surface area contributed by atoms with E-state index in [1.54, 1.807) is 6.92 Å². The SMILES string of the molecule is CCOC(=O)CC(O)CNCCc1ccccc1C. The second kappa shape index (κ2) is 8.67. The Morgan fingerprint density at radius 1 is 1.42 bits per heavy atom. The van der Waals surface area contributed by atoms with Crippen molar-refractivity contribution in [3.05, 3.63) is 35.4 Å². The van der Waals surface area contributed by atoms with Crippen LogP contribution in [-0.2, 0) is 16.0 Å². The van der Waals surface area contributed by atoms with Crippen LogP contribution in [0.4, 0.5) is 0 Å². The standard InChI is InChI=1S/C15H23NO3/c1-3-19-15(18)10-14(17)11-16-9-8-13-7-5-4-6-12(13)2/h4-7,14,16-17H,3,8-11H2,1-2H3. The Morgan fingerprint density at radius 2 is 2.16 bits per heavy atom. The number of carbonyl (C=O) groups is 1. The Hall–Kier alpha value is -1.39. The number of nitrogens with one attached hydrogen (secondary N) is 1. The number of benzene rings is 1. The fraction of sp³-hybridized carbons (Fsp3) is 0.533. The van der Waals surface area contributed by atoms with Gasteiger partial charge in [-0.05, 0) is 37.9 Å². The van der Waals surface area contributed by atoms with Crippen LogP contribution in [-0.4, -0.2) is 36.9 Å². The first kappa shape index (κ1) is 15.7. The average Bonchev–Trinajstić information content (AvgIpc) is 2.36. The number of hydrogen-bond donors (Lipinski definition) is 2. The summed E-state index contributed by atoms with van der Waals surface area (Å²) in [5.41, 5.74) is 2.58. The number of carbonyl (C=O) groups excluding carboxylic acids is 1. The zero-order valence-electron chi connectivity index (χ0n) is 11.7. The van der Waals surface area contributed by atoms with Crippen LogP contribution in [0.2, 0.25) is 0 Å². The largest absolute Gasteiger partial charge is 0.466 e. The highest BCUT2D eigenvalue weighted by atomic mass is 16.5. The lowest BCUT2D eigenvalue weighted by Crippen LogP contribution is -2.30. The lowest BCUT2D eigenvalue weighted by molar-refractivity contribution is -0.145. The summed E-state index contributed by atoms with van der Waals surface area (Å²) in [7, 11) is 0. The van der Waals surface area contributed by atoms with Gasteiger partial charge >= 0.3 is 5.97 Å². The molecular weight excluding hydrogens is 242 g/mol. The zero-order valence-corrected chi connectivity index (χ0v) is 11.7. The fourth-order valence-electron chi connectivity index (χ4n) is 1.87. The van der Waals surface area contributed by atoms with E-state index in [-0.39, 0.29) is 12.4 Å². The maximum atomic E-state index is 11.1. The molecule has 0 aliphatic heterocycles. The van der Waals surface area contributed by atoms with Crippen LogP contribution in [0.1, 0.15) is 24.5 Å². The molecular formula is C15H23NO3. The fourth-order valence-corrected chi connectivity index (χ4v) is 1.87. The maximum absolute atomic E-state index is 11.1. The molecule has 0 spiro atoms. The molecule has 0 saturated heterocycles. The highest BCUT2D eigenvalue weighted by Crippen LogP contribution is 2.06. The summed E-state index contributed by atoms with van der Waals surface area (Å²) >= 11 is 0. The molecule has 106 valence electrons. The Bertz CT molecular complexity index is 393. The van der Waals surface area contributed by atoms with E-state index in [4.69, 9.17) is 4.74 Å². The Balaban J connectivity index is 2.17. The number of aliphatic hydroxyl groups is 1. The summed E-state index contributed by atoms with van der Waals surface area (Å²) in [6, 6.07) is 8.24. The van der Waals surface area contributed by atoms with Gasteiger partial charge in [-0.25, -0.2) is 0 Å². The molecule has 0 amide bonds. The molecule has 19 heavy (non-hydrogen) atoms. The highest BCUT2D eigenvalue weighted by Gasteiger charge is 2.10. The second-order valence-electron chi connectivity index (χ2n) is 4.54. The summed E-state index contributed by atoms with van der Waals surface area (Å²) < 4.78 is 4.78. The highest BCUT2D eigenvalue weighted by molar-refractivity contribution is 5.69. The van der Waals surface area contributed by atoms with Crippen molar-refractivity contribution in [3.63, 3.8) is 0 Å². The molecule has 0 heterocycles. The van der Waals surface area contributed by atoms with Gasteiger partial charge in [0.2, 0.25) is 0 Å². The number of hydrogen-bond acceptors (Lipinski definition) is 4. The first-order valence-corrected chi connectivity index (χ1v) is 6.72. The van der Waals surface area contributed by atoms with Crippen molar-refractivity contribution in [2.45, 2.75) is 32.8 Å². The smallest absolute Gasteiger partial charge is 0.308 e. The lowest BCUT2D eigenvalue weighted by Gasteiger charge is -2.11. The minimum absolute atomic E-state index is 0.0468. The molecule has 2 N–H and O–H groups in total. The van der Waals surface area contributed by atoms with E-state index in [9.17, 15) is 9.90 Å². The van der Waals surface area contributed by atoms with Gasteiger partial charge in [-0.1, -0.05) is 24.3 Å². The number of aliphatic hydroxyl groups excluding tert-OH is 1. The average molecular weight is 265 g/mol. The van der Waals surface area contributed by atoms with Gasteiger partial charge in [-0.2, -0.15) is 0 Å². The molecule has 4 nitrogen and oxygen atoms in total. The molecule has 1 aromatic carbocycles. The van der Waals surface area contributed by atoms with Gasteiger partial charge in [0.1, 0.15) is 0 Å².